The molecule has 0 saturated carbocycles. The van der Waals surface area contributed by atoms with Crippen LogP contribution in [-0.4, -0.2) is 5.11 Å². The first kappa shape index (κ1) is 16.3. The highest BCUT2D eigenvalue weighted by atomic mass is 16.3. The molecule has 0 fully saturated rings. The van der Waals surface area contributed by atoms with E-state index in [0.717, 1.165) is 16.8 Å². The van der Waals surface area contributed by atoms with Gasteiger partial charge in [-0.15, -0.1) is 0 Å². The molecule has 122 valence electrons. The first-order valence-corrected chi connectivity index (χ1v) is 8.26. The third-order valence-corrected chi connectivity index (χ3v) is 4.27. The number of aliphatic hydroxyl groups excluding tert-OH is 1. The van der Waals surface area contributed by atoms with Gasteiger partial charge in [0.15, 0.2) is 0 Å². The molecule has 0 amide bonds. The van der Waals surface area contributed by atoms with Crippen LogP contribution in [0.4, 0.5) is 5.69 Å². The minimum Gasteiger partial charge on any atom is -0.386 e. The van der Waals surface area contributed by atoms with Gasteiger partial charge in [-0.2, -0.15) is 0 Å². The van der Waals surface area contributed by atoms with E-state index < -0.39 is 6.10 Å². The van der Waals surface area contributed by atoms with E-state index in [4.69, 9.17) is 0 Å². The van der Waals surface area contributed by atoms with Crippen molar-refractivity contribution in [3.8, 4) is 0 Å². The summed E-state index contributed by atoms with van der Waals surface area (Å²) in [7, 11) is 0. The van der Waals surface area contributed by atoms with Crippen LogP contribution in [0.15, 0.2) is 78.9 Å². The Kier molecular flexibility index (Phi) is 4.97. The fraction of sp³-hybridized carbons (Fsp3) is 0.182. The van der Waals surface area contributed by atoms with Crippen LogP contribution < -0.4 is 5.32 Å². The van der Waals surface area contributed by atoms with Crippen molar-refractivity contribution < 1.29 is 5.11 Å². The maximum atomic E-state index is 11.0. The quantitative estimate of drug-likeness (QED) is 0.678. The number of aliphatic hydroxyl groups is 1. The average molecular weight is 317 g/mol. The van der Waals surface area contributed by atoms with Crippen molar-refractivity contribution in [3.63, 3.8) is 0 Å². The molecule has 0 aliphatic rings. The van der Waals surface area contributed by atoms with Crippen LogP contribution in [0.5, 0.6) is 0 Å². The zero-order valence-electron chi connectivity index (χ0n) is 14.1. The molecular weight excluding hydrogens is 294 g/mol. The van der Waals surface area contributed by atoms with Crippen molar-refractivity contribution >= 4 is 5.69 Å². The minimum atomic E-state index is -0.631. The van der Waals surface area contributed by atoms with Crippen LogP contribution >= 0.6 is 0 Å². The maximum Gasteiger partial charge on any atom is 0.103 e. The maximum absolute atomic E-state index is 11.0. The fourth-order valence-electron chi connectivity index (χ4n) is 2.79. The van der Waals surface area contributed by atoms with Gasteiger partial charge in [-0.05, 0) is 37.1 Å². The Morgan fingerprint density at radius 1 is 0.667 bits per heavy atom. The van der Waals surface area contributed by atoms with Crippen molar-refractivity contribution in [3.05, 3.63) is 101 Å². The molecule has 0 unspecified atom stereocenters. The number of para-hydroxylation sites is 1. The van der Waals surface area contributed by atoms with Gasteiger partial charge in [0.25, 0.3) is 0 Å². The van der Waals surface area contributed by atoms with E-state index >= 15 is 0 Å². The molecule has 0 saturated heterocycles. The van der Waals surface area contributed by atoms with Gasteiger partial charge in [-0.25, -0.2) is 0 Å². The Morgan fingerprint density at radius 3 is 1.71 bits per heavy atom. The molecule has 0 radical (unpaired) electrons. The summed E-state index contributed by atoms with van der Waals surface area (Å²) in [6.07, 6.45) is -0.631. The van der Waals surface area contributed by atoms with Gasteiger partial charge in [0.05, 0.1) is 6.04 Å². The van der Waals surface area contributed by atoms with Gasteiger partial charge in [0.1, 0.15) is 6.10 Å². The van der Waals surface area contributed by atoms with Crippen molar-refractivity contribution in [1.29, 1.82) is 0 Å². The molecule has 0 spiro atoms. The van der Waals surface area contributed by atoms with Crippen LogP contribution in [0.25, 0.3) is 0 Å². The van der Waals surface area contributed by atoms with Gasteiger partial charge in [-0.1, -0.05) is 77.9 Å². The van der Waals surface area contributed by atoms with Crippen LogP contribution in [0.2, 0.25) is 0 Å². The highest BCUT2D eigenvalue weighted by molar-refractivity contribution is 5.46. The van der Waals surface area contributed by atoms with E-state index in [2.05, 4.69) is 43.4 Å². The van der Waals surface area contributed by atoms with Crippen molar-refractivity contribution in [2.24, 2.45) is 0 Å². The molecule has 0 aliphatic carbocycles. The first-order chi connectivity index (χ1) is 11.6. The molecule has 0 heterocycles. The number of hydrogen-bond acceptors (Lipinski definition) is 2. The third kappa shape index (κ3) is 3.84. The van der Waals surface area contributed by atoms with Crippen molar-refractivity contribution in [1.82, 2.24) is 0 Å². The molecular formula is C22H23NO. The zero-order valence-corrected chi connectivity index (χ0v) is 14.1. The Morgan fingerprint density at radius 2 is 1.17 bits per heavy atom. The van der Waals surface area contributed by atoms with Gasteiger partial charge in [-0.3, -0.25) is 0 Å². The molecule has 3 aromatic carbocycles. The molecule has 2 heteroatoms. The summed E-state index contributed by atoms with van der Waals surface area (Å²) in [6, 6.07) is 26.2. The van der Waals surface area contributed by atoms with Crippen LogP contribution in [-0.2, 0) is 0 Å². The second-order valence-electron chi connectivity index (χ2n) is 6.25. The zero-order chi connectivity index (χ0) is 16.9. The number of anilines is 1. The summed E-state index contributed by atoms with van der Waals surface area (Å²) in [5, 5.41) is 14.5. The van der Waals surface area contributed by atoms with E-state index in [0.29, 0.717) is 0 Å². The molecule has 0 aliphatic heterocycles. The number of aryl methyl sites for hydroxylation is 2. The third-order valence-electron chi connectivity index (χ3n) is 4.27. The fourth-order valence-corrected chi connectivity index (χ4v) is 2.79. The van der Waals surface area contributed by atoms with Gasteiger partial charge in [0.2, 0.25) is 0 Å². The normalized spacial score (nSPS) is 13.3. The topological polar surface area (TPSA) is 32.3 Å². The molecule has 2 nitrogen and oxygen atoms in total. The largest absolute Gasteiger partial charge is 0.386 e. The molecule has 3 rings (SSSR count). The number of nitrogens with one attached hydrogen (secondary N) is 1. The highest BCUT2D eigenvalue weighted by Crippen LogP contribution is 2.32. The highest BCUT2D eigenvalue weighted by Gasteiger charge is 2.22. The van der Waals surface area contributed by atoms with Crippen LogP contribution in [0.3, 0.4) is 0 Å². The molecule has 2 atom stereocenters. The van der Waals surface area contributed by atoms with Gasteiger partial charge >= 0.3 is 0 Å². The monoisotopic (exact) mass is 317 g/mol. The van der Waals surface area contributed by atoms with Gasteiger partial charge in [0, 0.05) is 5.69 Å². The first-order valence-electron chi connectivity index (χ1n) is 8.26. The summed E-state index contributed by atoms with van der Waals surface area (Å²) in [5.74, 6) is 0. The molecule has 0 bridgehead atoms. The number of benzene rings is 3. The lowest BCUT2D eigenvalue weighted by Crippen LogP contribution is -2.19. The van der Waals surface area contributed by atoms with Crippen molar-refractivity contribution in [2.45, 2.75) is 26.0 Å². The Labute approximate surface area is 143 Å². The second kappa shape index (κ2) is 7.33. The van der Waals surface area contributed by atoms with E-state index in [-0.39, 0.29) is 6.04 Å². The molecule has 3 aromatic rings. The van der Waals surface area contributed by atoms with Crippen LogP contribution in [0.1, 0.15) is 34.4 Å². The Hall–Kier alpha value is -2.58. The SMILES string of the molecule is Cc1ccc([C@@H](O)[C@H](Nc2ccccc2)c2ccc(C)cc2)cc1. The summed E-state index contributed by atoms with van der Waals surface area (Å²) in [5.41, 5.74) is 5.37. The molecule has 2 N–H and O–H groups in total. The number of rotatable bonds is 5. The predicted molar refractivity (Wildman–Crippen MR) is 100 cm³/mol. The Bertz CT molecular complexity index is 763. The smallest absolute Gasteiger partial charge is 0.103 e. The van der Waals surface area contributed by atoms with Crippen LogP contribution in [0, 0.1) is 13.8 Å². The van der Waals surface area contributed by atoms with E-state index in [9.17, 15) is 5.11 Å². The lowest BCUT2D eigenvalue weighted by molar-refractivity contribution is 0.155. The summed E-state index contributed by atoms with van der Waals surface area (Å²) >= 11 is 0. The van der Waals surface area contributed by atoms with Crippen molar-refractivity contribution in [2.75, 3.05) is 5.32 Å². The summed E-state index contributed by atoms with van der Waals surface area (Å²) < 4.78 is 0. The number of hydrogen-bond donors (Lipinski definition) is 2. The van der Waals surface area contributed by atoms with E-state index in [1.165, 1.54) is 11.1 Å². The molecule has 24 heavy (non-hydrogen) atoms. The minimum absolute atomic E-state index is 0.212. The van der Waals surface area contributed by atoms with E-state index in [1.54, 1.807) is 0 Å². The second-order valence-corrected chi connectivity index (χ2v) is 6.25. The van der Waals surface area contributed by atoms with E-state index in [1.807, 2.05) is 54.6 Å². The standard InChI is InChI=1S/C22H23NO/c1-16-8-12-18(13-9-16)21(23-20-6-4-3-5-7-20)22(24)19-14-10-17(2)11-15-19/h3-15,21-24H,1-2H3/t21-,22-/m1/s1. The summed E-state index contributed by atoms with van der Waals surface area (Å²) in [6.45, 7) is 4.12. The molecule has 0 aromatic heterocycles. The lowest BCUT2D eigenvalue weighted by Gasteiger charge is -2.26. The Balaban J connectivity index is 1.94. The van der Waals surface area contributed by atoms with Gasteiger partial charge < -0.3 is 10.4 Å². The summed E-state index contributed by atoms with van der Waals surface area (Å²) in [4.78, 5) is 0. The average Bonchev–Trinajstić information content (AvgIpc) is 2.62. The predicted octanol–water partition coefficient (Wildman–Crippen LogP) is 5.19. The lowest BCUT2D eigenvalue weighted by atomic mass is 9.94.